The van der Waals surface area contributed by atoms with Crippen molar-refractivity contribution in [2.24, 2.45) is 11.7 Å². The Morgan fingerprint density at radius 1 is 1.37 bits per heavy atom. The number of hydrogen-bond donors (Lipinski definition) is 2. The van der Waals surface area contributed by atoms with Gasteiger partial charge in [-0.2, -0.15) is 0 Å². The molecule has 1 aromatic rings. The molecule has 4 nitrogen and oxygen atoms in total. The van der Waals surface area contributed by atoms with E-state index in [9.17, 15) is 4.79 Å². The van der Waals surface area contributed by atoms with Crippen molar-refractivity contribution in [2.75, 3.05) is 0 Å². The summed E-state index contributed by atoms with van der Waals surface area (Å²) in [5.74, 6) is 0.151. The molecule has 2 rings (SSSR count). The smallest absolute Gasteiger partial charge is 0.234 e. The topological polar surface area (TPSA) is 68.0 Å². The van der Waals surface area contributed by atoms with E-state index in [1.54, 1.807) is 6.20 Å². The molecule has 0 bridgehead atoms. The molecule has 0 radical (unpaired) electrons. The first-order chi connectivity index (χ1) is 8.77. The number of amides is 1. The lowest BCUT2D eigenvalue weighted by Crippen LogP contribution is -2.46. The molecule has 0 spiro atoms. The Balaban J connectivity index is 0.00000180. The summed E-state index contributed by atoms with van der Waals surface area (Å²) in [5, 5.41) is 3.27. The van der Waals surface area contributed by atoms with Gasteiger partial charge in [-0.15, -0.1) is 12.4 Å². The van der Waals surface area contributed by atoms with Crippen molar-refractivity contribution in [3.63, 3.8) is 0 Å². The zero-order valence-corrected chi connectivity index (χ0v) is 11.9. The van der Waals surface area contributed by atoms with E-state index in [-0.39, 0.29) is 24.4 Å². The van der Waals surface area contributed by atoms with Crippen molar-refractivity contribution in [1.82, 2.24) is 10.3 Å². The Morgan fingerprint density at radius 2 is 2.11 bits per heavy atom. The summed E-state index contributed by atoms with van der Waals surface area (Å²) in [7, 11) is 0. The average molecular weight is 284 g/mol. The van der Waals surface area contributed by atoms with Crippen LogP contribution in [-0.2, 0) is 11.3 Å². The van der Waals surface area contributed by atoms with Crippen LogP contribution in [0.4, 0.5) is 0 Å². The van der Waals surface area contributed by atoms with Crippen molar-refractivity contribution < 1.29 is 4.79 Å². The molecule has 0 aromatic carbocycles. The van der Waals surface area contributed by atoms with Gasteiger partial charge in [0.15, 0.2) is 0 Å². The third-order valence-corrected chi connectivity index (χ3v) is 3.66. The minimum Gasteiger partial charge on any atom is -0.368 e. The zero-order chi connectivity index (χ0) is 12.8. The summed E-state index contributed by atoms with van der Waals surface area (Å²) in [6.45, 7) is 0.602. The van der Waals surface area contributed by atoms with Gasteiger partial charge in [-0.1, -0.05) is 25.3 Å². The number of rotatable bonds is 5. The third-order valence-electron chi connectivity index (χ3n) is 3.66. The van der Waals surface area contributed by atoms with Gasteiger partial charge >= 0.3 is 0 Å². The van der Waals surface area contributed by atoms with Gasteiger partial charge in [0.05, 0.1) is 11.7 Å². The molecule has 106 valence electrons. The first kappa shape index (κ1) is 15.9. The molecule has 1 saturated carbocycles. The number of aromatic nitrogens is 1. The largest absolute Gasteiger partial charge is 0.368 e. The number of carbonyl (C=O) groups is 1. The summed E-state index contributed by atoms with van der Waals surface area (Å²) in [4.78, 5) is 15.8. The van der Waals surface area contributed by atoms with Crippen molar-refractivity contribution in [2.45, 2.75) is 44.7 Å². The highest BCUT2D eigenvalue weighted by atomic mass is 35.5. The van der Waals surface area contributed by atoms with Gasteiger partial charge in [0.2, 0.25) is 5.91 Å². The van der Waals surface area contributed by atoms with Gasteiger partial charge in [-0.05, 0) is 30.9 Å². The van der Waals surface area contributed by atoms with E-state index in [2.05, 4.69) is 10.3 Å². The summed E-state index contributed by atoms with van der Waals surface area (Å²) >= 11 is 0. The minimum atomic E-state index is -0.238. The van der Waals surface area contributed by atoms with Gasteiger partial charge < -0.3 is 5.73 Å². The number of primary amides is 1. The first-order valence-corrected chi connectivity index (χ1v) is 6.70. The lowest BCUT2D eigenvalue weighted by atomic mass is 9.83. The van der Waals surface area contributed by atoms with Crippen LogP contribution in [0.2, 0.25) is 0 Å². The molecule has 0 aliphatic heterocycles. The number of hydrogen-bond acceptors (Lipinski definition) is 3. The fourth-order valence-electron chi connectivity index (χ4n) is 2.68. The molecule has 1 aliphatic carbocycles. The second-order valence-corrected chi connectivity index (χ2v) is 4.98. The Bertz CT molecular complexity index is 380. The molecular weight excluding hydrogens is 262 g/mol. The van der Waals surface area contributed by atoms with Gasteiger partial charge in [0, 0.05) is 12.7 Å². The van der Waals surface area contributed by atoms with Crippen LogP contribution in [0.5, 0.6) is 0 Å². The van der Waals surface area contributed by atoms with Gasteiger partial charge in [0.25, 0.3) is 0 Å². The highest BCUT2D eigenvalue weighted by Crippen LogP contribution is 2.26. The summed E-state index contributed by atoms with van der Waals surface area (Å²) in [6, 6.07) is 5.57. The van der Waals surface area contributed by atoms with Crippen LogP contribution in [0.3, 0.4) is 0 Å². The van der Waals surface area contributed by atoms with Crippen LogP contribution in [0.15, 0.2) is 24.4 Å². The Labute approximate surface area is 120 Å². The normalized spacial score (nSPS) is 17.5. The molecule has 3 N–H and O–H groups in total. The Morgan fingerprint density at radius 3 is 2.68 bits per heavy atom. The van der Waals surface area contributed by atoms with E-state index in [4.69, 9.17) is 5.73 Å². The molecule has 1 unspecified atom stereocenters. The van der Waals surface area contributed by atoms with Crippen LogP contribution in [0.25, 0.3) is 0 Å². The number of halogens is 1. The number of nitrogens with two attached hydrogens (primary N) is 1. The summed E-state index contributed by atoms with van der Waals surface area (Å²) in [6.07, 6.45) is 7.66. The van der Waals surface area contributed by atoms with Crippen LogP contribution >= 0.6 is 12.4 Å². The zero-order valence-electron chi connectivity index (χ0n) is 11.0. The van der Waals surface area contributed by atoms with Gasteiger partial charge in [-0.3, -0.25) is 15.1 Å². The standard InChI is InChI=1S/C14H21N3O.ClH/c15-14(18)13(11-6-2-1-3-7-11)17-10-12-8-4-5-9-16-12;/h4-5,8-9,11,13,17H,1-3,6-7,10H2,(H2,15,18);1H. The lowest BCUT2D eigenvalue weighted by Gasteiger charge is -2.28. The molecule has 19 heavy (non-hydrogen) atoms. The number of nitrogens with zero attached hydrogens (tertiary/aromatic N) is 1. The van der Waals surface area contributed by atoms with Crippen LogP contribution in [0, 0.1) is 5.92 Å². The van der Waals surface area contributed by atoms with Crippen molar-refractivity contribution >= 4 is 18.3 Å². The fraction of sp³-hybridized carbons (Fsp3) is 0.571. The maximum atomic E-state index is 11.6. The second-order valence-electron chi connectivity index (χ2n) is 4.98. The van der Waals surface area contributed by atoms with E-state index in [0.717, 1.165) is 18.5 Å². The third kappa shape index (κ3) is 4.80. The molecule has 1 amide bonds. The van der Waals surface area contributed by atoms with Crippen LogP contribution in [0.1, 0.15) is 37.8 Å². The lowest BCUT2D eigenvalue weighted by molar-refractivity contribution is -0.121. The average Bonchev–Trinajstić information content (AvgIpc) is 2.41. The quantitative estimate of drug-likeness (QED) is 0.869. The second kappa shape index (κ2) is 8.12. The maximum absolute atomic E-state index is 11.6. The molecule has 5 heteroatoms. The molecule has 1 aliphatic rings. The van der Waals surface area contributed by atoms with E-state index in [1.807, 2.05) is 18.2 Å². The number of carbonyl (C=O) groups excluding carboxylic acids is 1. The van der Waals surface area contributed by atoms with E-state index in [1.165, 1.54) is 19.3 Å². The van der Waals surface area contributed by atoms with Crippen molar-refractivity contribution in [3.05, 3.63) is 30.1 Å². The number of nitrogens with one attached hydrogen (secondary N) is 1. The predicted octanol–water partition coefficient (Wildman–Crippen LogP) is 2.03. The molecule has 1 aromatic heterocycles. The summed E-state index contributed by atoms with van der Waals surface area (Å²) in [5.41, 5.74) is 6.45. The highest BCUT2D eigenvalue weighted by molar-refractivity contribution is 5.85. The molecule has 1 fully saturated rings. The first-order valence-electron chi connectivity index (χ1n) is 6.70. The molecule has 0 saturated heterocycles. The van der Waals surface area contributed by atoms with E-state index >= 15 is 0 Å². The predicted molar refractivity (Wildman–Crippen MR) is 77.9 cm³/mol. The summed E-state index contributed by atoms with van der Waals surface area (Å²) < 4.78 is 0. The maximum Gasteiger partial charge on any atom is 0.234 e. The van der Waals surface area contributed by atoms with Crippen molar-refractivity contribution in [1.29, 1.82) is 0 Å². The van der Waals surface area contributed by atoms with Crippen molar-refractivity contribution in [3.8, 4) is 0 Å². The highest BCUT2D eigenvalue weighted by Gasteiger charge is 2.27. The Kier molecular flexibility index (Phi) is 6.81. The van der Waals surface area contributed by atoms with E-state index < -0.39 is 0 Å². The SMILES string of the molecule is Cl.NC(=O)C(NCc1ccccn1)C1CCCCC1. The molecular formula is C14H22ClN3O. The fourth-order valence-corrected chi connectivity index (χ4v) is 2.68. The van der Waals surface area contributed by atoms with Gasteiger partial charge in [0.1, 0.15) is 0 Å². The monoisotopic (exact) mass is 283 g/mol. The molecule has 1 heterocycles. The molecule has 1 atom stereocenters. The van der Waals surface area contributed by atoms with Crippen LogP contribution < -0.4 is 11.1 Å². The van der Waals surface area contributed by atoms with Gasteiger partial charge in [-0.25, -0.2) is 0 Å². The van der Waals surface area contributed by atoms with E-state index in [0.29, 0.717) is 12.5 Å². The number of pyridine rings is 1. The Hall–Kier alpha value is -1.13. The van der Waals surface area contributed by atoms with Crippen LogP contribution in [-0.4, -0.2) is 16.9 Å². The minimum absolute atomic E-state index is 0.